The Labute approximate surface area is 120 Å². The van der Waals surface area contributed by atoms with Crippen LogP contribution in [-0.2, 0) is 0 Å². The number of hydrogen-bond acceptors (Lipinski definition) is 3. The first-order valence-corrected chi connectivity index (χ1v) is 7.16. The van der Waals surface area contributed by atoms with Gasteiger partial charge < -0.3 is 15.8 Å². The van der Waals surface area contributed by atoms with E-state index in [1.165, 1.54) is 0 Å². The first-order chi connectivity index (χ1) is 9.41. The number of ether oxygens (including phenoxy) is 1. The molecule has 110 valence electrons. The Hall–Kier alpha value is -1.71. The van der Waals surface area contributed by atoms with Gasteiger partial charge in [0.15, 0.2) is 0 Å². The molecule has 0 aliphatic heterocycles. The normalized spacial score (nSPS) is 18.6. The highest BCUT2D eigenvalue weighted by Crippen LogP contribution is 2.35. The average molecular weight is 276 g/mol. The molecule has 20 heavy (non-hydrogen) atoms. The highest BCUT2D eigenvalue weighted by molar-refractivity contribution is 5.98. The van der Waals surface area contributed by atoms with Crippen molar-refractivity contribution in [2.75, 3.05) is 12.8 Å². The molecule has 0 unspecified atom stereocenters. The highest BCUT2D eigenvalue weighted by Gasteiger charge is 2.28. The molecule has 1 saturated carbocycles. The molecule has 0 bridgehead atoms. The van der Waals surface area contributed by atoms with Crippen molar-refractivity contribution in [3.05, 3.63) is 23.8 Å². The van der Waals surface area contributed by atoms with Gasteiger partial charge in [-0.3, -0.25) is 4.79 Å². The Morgan fingerprint density at radius 1 is 1.35 bits per heavy atom. The standard InChI is InChI=1S/C16H24N2O2/c1-16(2)8-6-12(7-9-16)18-15(19)13-10-11(17)4-5-14(13)20-3/h4-5,10,12H,6-9,17H2,1-3H3,(H,18,19). The molecule has 0 atom stereocenters. The summed E-state index contributed by atoms with van der Waals surface area (Å²) in [5, 5.41) is 3.10. The Bertz CT molecular complexity index is 487. The van der Waals surface area contributed by atoms with E-state index in [1.54, 1.807) is 25.3 Å². The van der Waals surface area contributed by atoms with E-state index in [0.29, 0.717) is 22.4 Å². The van der Waals surface area contributed by atoms with Crippen LogP contribution in [0.25, 0.3) is 0 Å². The lowest BCUT2D eigenvalue weighted by Crippen LogP contribution is -2.39. The van der Waals surface area contributed by atoms with E-state index < -0.39 is 0 Å². The van der Waals surface area contributed by atoms with Crippen molar-refractivity contribution >= 4 is 11.6 Å². The molecule has 1 aromatic rings. The van der Waals surface area contributed by atoms with E-state index in [1.807, 2.05) is 0 Å². The molecule has 1 aliphatic carbocycles. The summed E-state index contributed by atoms with van der Waals surface area (Å²) in [6.07, 6.45) is 4.35. The molecule has 0 saturated heterocycles. The van der Waals surface area contributed by atoms with E-state index in [4.69, 9.17) is 10.5 Å². The summed E-state index contributed by atoms with van der Waals surface area (Å²) in [6.45, 7) is 4.57. The van der Waals surface area contributed by atoms with E-state index in [-0.39, 0.29) is 11.9 Å². The van der Waals surface area contributed by atoms with Crippen LogP contribution < -0.4 is 15.8 Å². The molecule has 4 nitrogen and oxygen atoms in total. The first kappa shape index (κ1) is 14.7. The van der Waals surface area contributed by atoms with Crippen LogP contribution in [0.1, 0.15) is 49.9 Å². The third-order valence-corrected chi connectivity index (χ3v) is 4.14. The Balaban J connectivity index is 2.04. The smallest absolute Gasteiger partial charge is 0.255 e. The second kappa shape index (κ2) is 5.73. The predicted octanol–water partition coefficient (Wildman–Crippen LogP) is 2.98. The minimum Gasteiger partial charge on any atom is -0.496 e. The summed E-state index contributed by atoms with van der Waals surface area (Å²) in [5.74, 6) is 0.465. The van der Waals surface area contributed by atoms with Crippen LogP contribution >= 0.6 is 0 Å². The van der Waals surface area contributed by atoms with Crippen LogP contribution in [0.15, 0.2) is 18.2 Å². The van der Waals surface area contributed by atoms with E-state index >= 15 is 0 Å². The van der Waals surface area contributed by atoms with Gasteiger partial charge >= 0.3 is 0 Å². The zero-order chi connectivity index (χ0) is 14.8. The second-order valence-electron chi connectivity index (χ2n) is 6.37. The van der Waals surface area contributed by atoms with E-state index in [2.05, 4.69) is 19.2 Å². The minimum absolute atomic E-state index is 0.0983. The number of hydrogen-bond donors (Lipinski definition) is 2. The molecule has 1 fully saturated rings. The molecule has 2 rings (SSSR count). The highest BCUT2D eigenvalue weighted by atomic mass is 16.5. The van der Waals surface area contributed by atoms with Crippen molar-refractivity contribution in [1.82, 2.24) is 5.32 Å². The van der Waals surface area contributed by atoms with Crippen molar-refractivity contribution in [3.63, 3.8) is 0 Å². The summed E-state index contributed by atoms with van der Waals surface area (Å²) >= 11 is 0. The number of rotatable bonds is 3. The van der Waals surface area contributed by atoms with Crippen molar-refractivity contribution in [1.29, 1.82) is 0 Å². The Morgan fingerprint density at radius 3 is 2.60 bits per heavy atom. The quantitative estimate of drug-likeness (QED) is 0.834. The molecule has 0 spiro atoms. The van der Waals surface area contributed by atoms with Gasteiger partial charge in [0.05, 0.1) is 12.7 Å². The maximum Gasteiger partial charge on any atom is 0.255 e. The lowest BCUT2D eigenvalue weighted by atomic mass is 9.75. The van der Waals surface area contributed by atoms with Crippen molar-refractivity contribution in [3.8, 4) is 5.75 Å². The largest absolute Gasteiger partial charge is 0.496 e. The van der Waals surface area contributed by atoms with Crippen molar-refractivity contribution < 1.29 is 9.53 Å². The fourth-order valence-electron chi connectivity index (χ4n) is 2.71. The van der Waals surface area contributed by atoms with Gasteiger partial charge in [0.1, 0.15) is 5.75 Å². The number of carbonyl (C=O) groups excluding carboxylic acids is 1. The molecule has 0 heterocycles. The van der Waals surface area contributed by atoms with Crippen molar-refractivity contribution in [2.45, 2.75) is 45.6 Å². The van der Waals surface area contributed by atoms with Gasteiger partial charge in [0.2, 0.25) is 0 Å². The van der Waals surface area contributed by atoms with Gasteiger partial charge in [-0.2, -0.15) is 0 Å². The van der Waals surface area contributed by atoms with Crippen LogP contribution in [0.3, 0.4) is 0 Å². The lowest BCUT2D eigenvalue weighted by Gasteiger charge is -2.34. The fraction of sp³-hybridized carbons (Fsp3) is 0.562. The molecule has 1 aromatic carbocycles. The van der Waals surface area contributed by atoms with Crippen LogP contribution in [0, 0.1) is 5.41 Å². The SMILES string of the molecule is COc1ccc(N)cc1C(=O)NC1CCC(C)(C)CC1. The van der Waals surface area contributed by atoms with Gasteiger partial charge in [0.25, 0.3) is 5.91 Å². The van der Waals surface area contributed by atoms with Crippen LogP contribution in [0.5, 0.6) is 5.75 Å². The molecule has 1 aliphatic rings. The molecule has 0 aromatic heterocycles. The zero-order valence-electron chi connectivity index (χ0n) is 12.5. The van der Waals surface area contributed by atoms with Gasteiger partial charge in [-0.25, -0.2) is 0 Å². The van der Waals surface area contributed by atoms with Gasteiger partial charge in [-0.05, 0) is 49.3 Å². The first-order valence-electron chi connectivity index (χ1n) is 7.16. The molecule has 3 N–H and O–H groups in total. The summed E-state index contributed by atoms with van der Waals surface area (Å²) in [4.78, 5) is 12.4. The van der Waals surface area contributed by atoms with Gasteiger partial charge in [-0.1, -0.05) is 13.8 Å². The molecular formula is C16H24N2O2. The number of amides is 1. The summed E-state index contributed by atoms with van der Waals surface area (Å²) in [5.41, 5.74) is 7.23. The van der Waals surface area contributed by atoms with Gasteiger partial charge in [0, 0.05) is 11.7 Å². The number of anilines is 1. The van der Waals surface area contributed by atoms with E-state index in [9.17, 15) is 4.79 Å². The predicted molar refractivity (Wildman–Crippen MR) is 80.9 cm³/mol. The zero-order valence-corrected chi connectivity index (χ0v) is 12.5. The van der Waals surface area contributed by atoms with Crippen LogP contribution in [-0.4, -0.2) is 19.1 Å². The monoisotopic (exact) mass is 276 g/mol. The second-order valence-corrected chi connectivity index (χ2v) is 6.37. The molecule has 1 amide bonds. The van der Waals surface area contributed by atoms with Crippen LogP contribution in [0.2, 0.25) is 0 Å². The lowest BCUT2D eigenvalue weighted by molar-refractivity contribution is 0.0906. The average Bonchev–Trinajstić information content (AvgIpc) is 2.41. The molecule has 4 heteroatoms. The molecular weight excluding hydrogens is 252 g/mol. The summed E-state index contributed by atoms with van der Waals surface area (Å²) in [7, 11) is 1.56. The summed E-state index contributed by atoms with van der Waals surface area (Å²) in [6, 6.07) is 5.38. The van der Waals surface area contributed by atoms with E-state index in [0.717, 1.165) is 25.7 Å². The van der Waals surface area contributed by atoms with Gasteiger partial charge in [-0.15, -0.1) is 0 Å². The third kappa shape index (κ3) is 3.44. The topological polar surface area (TPSA) is 64.3 Å². The minimum atomic E-state index is -0.0983. The number of benzene rings is 1. The maximum atomic E-state index is 12.4. The Kier molecular flexibility index (Phi) is 4.21. The number of carbonyl (C=O) groups is 1. The molecule has 0 radical (unpaired) electrons. The fourth-order valence-corrected chi connectivity index (χ4v) is 2.71. The third-order valence-electron chi connectivity index (χ3n) is 4.14. The Morgan fingerprint density at radius 2 is 2.00 bits per heavy atom. The number of nitrogens with two attached hydrogens (primary N) is 1. The van der Waals surface area contributed by atoms with Crippen LogP contribution in [0.4, 0.5) is 5.69 Å². The maximum absolute atomic E-state index is 12.4. The van der Waals surface area contributed by atoms with Crippen molar-refractivity contribution in [2.24, 2.45) is 5.41 Å². The number of methoxy groups -OCH3 is 1. The summed E-state index contributed by atoms with van der Waals surface area (Å²) < 4.78 is 5.23. The number of nitrogen functional groups attached to an aromatic ring is 1. The number of nitrogens with one attached hydrogen (secondary N) is 1.